The summed E-state index contributed by atoms with van der Waals surface area (Å²) in [6.07, 6.45) is 2.86. The Morgan fingerprint density at radius 1 is 1.03 bits per heavy atom. The molecule has 5 nitrogen and oxygen atoms in total. The number of aromatic amines is 1. The molecular formula is C28H27Cl2N3O2. The zero-order valence-electron chi connectivity index (χ0n) is 19.6. The van der Waals surface area contributed by atoms with Gasteiger partial charge in [-0.2, -0.15) is 5.10 Å². The Kier molecular flexibility index (Phi) is 7.09. The molecule has 1 saturated heterocycles. The minimum absolute atomic E-state index is 0.0554. The smallest absolute Gasteiger partial charge is 0.141 e. The highest BCUT2D eigenvalue weighted by Gasteiger charge is 2.18. The minimum Gasteiger partial charge on any atom is -0.490 e. The lowest BCUT2D eigenvalue weighted by Gasteiger charge is -2.29. The second kappa shape index (κ2) is 10.4. The van der Waals surface area contributed by atoms with Crippen LogP contribution in [0.4, 0.5) is 0 Å². The van der Waals surface area contributed by atoms with Gasteiger partial charge in [-0.05, 0) is 79.5 Å². The molecule has 180 valence electrons. The van der Waals surface area contributed by atoms with E-state index in [4.69, 9.17) is 27.9 Å². The first kappa shape index (κ1) is 23.9. The monoisotopic (exact) mass is 507 g/mol. The molecule has 0 bridgehead atoms. The van der Waals surface area contributed by atoms with Crippen LogP contribution in [0, 0.1) is 0 Å². The summed E-state index contributed by atoms with van der Waals surface area (Å²) in [7, 11) is 2.15. The van der Waals surface area contributed by atoms with E-state index >= 15 is 0 Å². The lowest BCUT2D eigenvalue weighted by atomic mass is 10.00. The normalized spacial score (nSPS) is 14.9. The third-order valence-corrected chi connectivity index (χ3v) is 7.27. The van der Waals surface area contributed by atoms with E-state index in [1.807, 2.05) is 42.5 Å². The van der Waals surface area contributed by atoms with Crippen molar-refractivity contribution >= 4 is 39.9 Å². The molecule has 0 spiro atoms. The number of rotatable bonds is 7. The second-order valence-corrected chi connectivity index (χ2v) is 10.0. The van der Waals surface area contributed by atoms with E-state index in [-0.39, 0.29) is 18.3 Å². The zero-order chi connectivity index (χ0) is 24.4. The Hall–Kier alpha value is -2.86. The van der Waals surface area contributed by atoms with Crippen molar-refractivity contribution in [2.45, 2.75) is 31.8 Å². The van der Waals surface area contributed by atoms with Crippen LogP contribution in [0.1, 0.15) is 24.0 Å². The molecule has 0 saturated carbocycles. The van der Waals surface area contributed by atoms with E-state index < -0.39 is 0 Å². The molecule has 1 fully saturated rings. The van der Waals surface area contributed by atoms with E-state index in [1.165, 1.54) is 0 Å². The lowest BCUT2D eigenvalue weighted by Crippen LogP contribution is -2.35. The van der Waals surface area contributed by atoms with E-state index in [9.17, 15) is 4.79 Å². The molecule has 4 aromatic rings. The molecule has 1 aromatic heterocycles. The van der Waals surface area contributed by atoms with Crippen LogP contribution in [0.2, 0.25) is 10.0 Å². The summed E-state index contributed by atoms with van der Waals surface area (Å²) in [6.45, 7) is 2.14. The van der Waals surface area contributed by atoms with Crippen LogP contribution in [0.5, 0.6) is 5.75 Å². The fourth-order valence-corrected chi connectivity index (χ4v) is 5.10. The molecule has 35 heavy (non-hydrogen) atoms. The van der Waals surface area contributed by atoms with Gasteiger partial charge in [0.1, 0.15) is 17.6 Å². The molecule has 2 heterocycles. The van der Waals surface area contributed by atoms with Gasteiger partial charge in [0.2, 0.25) is 0 Å². The fraction of sp³-hybridized carbons (Fsp3) is 0.286. The average molecular weight is 508 g/mol. The summed E-state index contributed by atoms with van der Waals surface area (Å²) >= 11 is 12.5. The van der Waals surface area contributed by atoms with E-state index in [0.29, 0.717) is 22.0 Å². The van der Waals surface area contributed by atoms with Crippen molar-refractivity contribution in [3.05, 3.63) is 81.8 Å². The van der Waals surface area contributed by atoms with Gasteiger partial charge in [0.05, 0.1) is 11.2 Å². The molecule has 7 heteroatoms. The number of halogens is 2. The molecule has 0 aliphatic carbocycles. The molecule has 1 N–H and O–H groups in total. The predicted molar refractivity (Wildman–Crippen MR) is 142 cm³/mol. The number of Topliss-reactive ketones (excluding diaryl/α,β-unsaturated/α-hetero) is 1. The first-order chi connectivity index (χ1) is 17.0. The highest BCUT2D eigenvalue weighted by atomic mass is 35.5. The maximum absolute atomic E-state index is 12.8. The van der Waals surface area contributed by atoms with Crippen molar-refractivity contribution in [2.24, 2.45) is 0 Å². The molecule has 0 unspecified atom stereocenters. The standard InChI is InChI=1S/C28H27Cl2N3O2/c1-33-13-11-22(12-14-33)35-21-8-6-19(7-9-21)28-24-16-18(5-10-27(24)31-32-28)15-20(34)17-23-25(29)3-2-4-26(23)30/h2-10,16,22H,11-15,17H2,1H3,(H,31,32). The van der Waals surface area contributed by atoms with Crippen molar-refractivity contribution in [3.63, 3.8) is 0 Å². The number of likely N-dealkylation sites (tertiary alicyclic amines) is 1. The van der Waals surface area contributed by atoms with E-state index in [1.54, 1.807) is 18.2 Å². The fourth-order valence-electron chi connectivity index (χ4n) is 4.57. The van der Waals surface area contributed by atoms with Gasteiger partial charge in [-0.25, -0.2) is 0 Å². The highest BCUT2D eigenvalue weighted by Crippen LogP contribution is 2.30. The zero-order valence-corrected chi connectivity index (χ0v) is 21.1. The number of hydrogen-bond donors (Lipinski definition) is 1. The molecule has 1 aliphatic heterocycles. The number of aromatic nitrogens is 2. The molecular weight excluding hydrogens is 481 g/mol. The van der Waals surface area contributed by atoms with Gasteiger partial charge in [-0.3, -0.25) is 9.89 Å². The third-order valence-electron chi connectivity index (χ3n) is 6.56. The van der Waals surface area contributed by atoms with Crippen molar-refractivity contribution in [2.75, 3.05) is 20.1 Å². The van der Waals surface area contributed by atoms with Gasteiger partial charge >= 0.3 is 0 Å². The minimum atomic E-state index is 0.0554. The van der Waals surface area contributed by atoms with Gasteiger partial charge in [0.25, 0.3) is 0 Å². The van der Waals surface area contributed by atoms with Gasteiger partial charge in [-0.15, -0.1) is 0 Å². The van der Waals surface area contributed by atoms with Crippen LogP contribution in [-0.4, -0.2) is 47.1 Å². The number of carbonyl (C=O) groups excluding carboxylic acids is 1. The van der Waals surface area contributed by atoms with Crippen LogP contribution < -0.4 is 4.74 Å². The first-order valence-corrected chi connectivity index (χ1v) is 12.6. The van der Waals surface area contributed by atoms with Crippen molar-refractivity contribution in [1.82, 2.24) is 15.1 Å². The van der Waals surface area contributed by atoms with Crippen LogP contribution in [0.3, 0.4) is 0 Å². The second-order valence-electron chi connectivity index (χ2n) is 9.19. The molecule has 3 aromatic carbocycles. The van der Waals surface area contributed by atoms with Crippen molar-refractivity contribution in [1.29, 1.82) is 0 Å². The van der Waals surface area contributed by atoms with Crippen LogP contribution in [0.15, 0.2) is 60.7 Å². The van der Waals surface area contributed by atoms with Gasteiger partial charge in [-0.1, -0.05) is 35.3 Å². The Morgan fingerprint density at radius 2 is 1.74 bits per heavy atom. The number of H-pyrrole nitrogens is 1. The Bertz CT molecular complexity index is 1320. The van der Waals surface area contributed by atoms with Gasteiger partial charge in [0.15, 0.2) is 0 Å². The first-order valence-electron chi connectivity index (χ1n) is 11.8. The number of nitrogens with zero attached hydrogens (tertiary/aromatic N) is 2. The summed E-state index contributed by atoms with van der Waals surface area (Å²) in [6, 6.07) is 19.3. The van der Waals surface area contributed by atoms with Crippen molar-refractivity contribution in [3.8, 4) is 17.0 Å². The van der Waals surface area contributed by atoms with Crippen LogP contribution in [-0.2, 0) is 17.6 Å². The number of piperidine rings is 1. The summed E-state index contributed by atoms with van der Waals surface area (Å²) in [5.74, 6) is 0.937. The SMILES string of the molecule is CN1CCC(Oc2ccc(-c3n[nH]c4ccc(CC(=O)Cc5c(Cl)cccc5Cl)cc34)cc2)CC1. The maximum Gasteiger partial charge on any atom is 0.141 e. The number of hydrogen-bond acceptors (Lipinski definition) is 4. The maximum atomic E-state index is 12.8. The number of benzene rings is 3. The highest BCUT2D eigenvalue weighted by molar-refractivity contribution is 6.36. The van der Waals surface area contributed by atoms with Crippen molar-refractivity contribution < 1.29 is 9.53 Å². The summed E-state index contributed by atoms with van der Waals surface area (Å²) in [5.41, 5.74) is 4.38. The topological polar surface area (TPSA) is 58.2 Å². The Labute approximate surface area is 215 Å². The number of carbonyl (C=O) groups is 1. The van der Waals surface area contributed by atoms with E-state index in [0.717, 1.165) is 59.4 Å². The molecule has 0 atom stereocenters. The number of fused-ring (bicyclic) bond motifs is 1. The summed E-state index contributed by atoms with van der Waals surface area (Å²) < 4.78 is 6.18. The largest absolute Gasteiger partial charge is 0.490 e. The number of ether oxygens (including phenoxy) is 1. The lowest BCUT2D eigenvalue weighted by molar-refractivity contribution is -0.117. The van der Waals surface area contributed by atoms with Crippen LogP contribution in [0.25, 0.3) is 22.2 Å². The van der Waals surface area contributed by atoms with Crippen LogP contribution >= 0.6 is 23.2 Å². The molecule has 0 radical (unpaired) electrons. The van der Waals surface area contributed by atoms with Gasteiger partial charge < -0.3 is 9.64 Å². The number of ketones is 1. The summed E-state index contributed by atoms with van der Waals surface area (Å²) in [5, 5.41) is 9.65. The summed E-state index contributed by atoms with van der Waals surface area (Å²) in [4.78, 5) is 15.1. The predicted octanol–water partition coefficient (Wildman–Crippen LogP) is 6.36. The quantitative estimate of drug-likeness (QED) is 0.316. The molecule has 1 aliphatic rings. The van der Waals surface area contributed by atoms with E-state index in [2.05, 4.69) is 22.1 Å². The Morgan fingerprint density at radius 3 is 2.46 bits per heavy atom. The Balaban J connectivity index is 1.30. The molecule has 5 rings (SSSR count). The number of nitrogens with one attached hydrogen (secondary N) is 1. The third kappa shape index (κ3) is 5.53. The van der Waals surface area contributed by atoms with Gasteiger partial charge in [0, 0.05) is 46.9 Å². The molecule has 0 amide bonds. The average Bonchev–Trinajstić information content (AvgIpc) is 3.27.